The van der Waals surface area contributed by atoms with Gasteiger partial charge in [0.2, 0.25) is 5.91 Å². The topological polar surface area (TPSA) is 91.3 Å². The quantitative estimate of drug-likeness (QED) is 0.681. The standard InChI is InChI=1S/C17H21N3O3/c1-2-3-8-16(22)18-9-10-19-17(23)14-11-15(21)12-6-4-5-7-13(12)20-14/h4-7,11H,2-3,8-10H2,1H3,(H,18,22)(H,19,23)(H,20,21). The van der Waals surface area contributed by atoms with E-state index in [1.165, 1.54) is 6.07 Å². The lowest BCUT2D eigenvalue weighted by Crippen LogP contribution is -2.34. The maximum Gasteiger partial charge on any atom is 0.270 e. The number of fused-ring (bicyclic) bond motifs is 1. The second kappa shape index (κ2) is 8.12. The third-order valence-corrected chi connectivity index (χ3v) is 3.42. The van der Waals surface area contributed by atoms with Crippen LogP contribution in [0.3, 0.4) is 0 Å². The highest BCUT2D eigenvalue weighted by Gasteiger charge is 2.11. The molecule has 1 aromatic carbocycles. The molecule has 23 heavy (non-hydrogen) atoms. The van der Waals surface area contributed by atoms with Crippen LogP contribution in [-0.4, -0.2) is 35.0 Å². The Balaban J connectivity index is 1.88. The summed E-state index contributed by atoms with van der Waals surface area (Å²) < 4.78 is 0. The van der Waals surface area contributed by atoms with Gasteiger partial charge in [0.05, 0.1) is 5.52 Å². The van der Waals surface area contributed by atoms with Crippen LogP contribution in [0.25, 0.3) is 10.9 Å². The first kappa shape index (κ1) is 16.7. The third-order valence-electron chi connectivity index (χ3n) is 3.42. The highest BCUT2D eigenvalue weighted by Crippen LogP contribution is 2.23. The maximum atomic E-state index is 12.1. The zero-order valence-corrected chi connectivity index (χ0v) is 13.1. The van der Waals surface area contributed by atoms with Gasteiger partial charge in [-0.15, -0.1) is 0 Å². The number of aromatic hydroxyl groups is 1. The number of pyridine rings is 1. The van der Waals surface area contributed by atoms with Crippen LogP contribution in [-0.2, 0) is 4.79 Å². The maximum absolute atomic E-state index is 12.1. The normalized spacial score (nSPS) is 10.5. The number of hydrogen-bond acceptors (Lipinski definition) is 4. The van der Waals surface area contributed by atoms with E-state index in [-0.39, 0.29) is 23.3 Å². The number of amides is 2. The molecular formula is C17H21N3O3. The van der Waals surface area contributed by atoms with Gasteiger partial charge in [0, 0.05) is 31.0 Å². The second-order valence-electron chi connectivity index (χ2n) is 5.25. The zero-order chi connectivity index (χ0) is 16.7. The highest BCUT2D eigenvalue weighted by molar-refractivity contribution is 5.96. The number of carbonyl (C=O) groups is 2. The number of nitrogens with zero attached hydrogens (tertiary/aromatic N) is 1. The second-order valence-corrected chi connectivity index (χ2v) is 5.25. The lowest BCUT2D eigenvalue weighted by molar-refractivity contribution is -0.121. The first-order chi connectivity index (χ1) is 11.1. The molecule has 3 N–H and O–H groups in total. The summed E-state index contributed by atoms with van der Waals surface area (Å²) in [4.78, 5) is 27.7. The largest absolute Gasteiger partial charge is 0.507 e. The minimum Gasteiger partial charge on any atom is -0.507 e. The van der Waals surface area contributed by atoms with Crippen molar-refractivity contribution in [2.24, 2.45) is 0 Å². The number of unbranched alkanes of at least 4 members (excludes halogenated alkanes) is 1. The van der Waals surface area contributed by atoms with E-state index in [2.05, 4.69) is 15.6 Å². The molecule has 0 fully saturated rings. The molecule has 6 heteroatoms. The molecule has 0 aliphatic rings. The predicted molar refractivity (Wildman–Crippen MR) is 88.3 cm³/mol. The Morgan fingerprint density at radius 2 is 1.91 bits per heavy atom. The molecular weight excluding hydrogens is 294 g/mol. The van der Waals surface area contributed by atoms with Crippen molar-refractivity contribution in [3.05, 3.63) is 36.0 Å². The summed E-state index contributed by atoms with van der Waals surface area (Å²) in [6.45, 7) is 2.71. The third kappa shape index (κ3) is 4.67. The van der Waals surface area contributed by atoms with Gasteiger partial charge in [-0.25, -0.2) is 4.98 Å². The van der Waals surface area contributed by atoms with Crippen molar-refractivity contribution >= 4 is 22.7 Å². The van der Waals surface area contributed by atoms with Gasteiger partial charge in [-0.05, 0) is 18.6 Å². The molecule has 0 atom stereocenters. The molecule has 0 saturated heterocycles. The van der Waals surface area contributed by atoms with Gasteiger partial charge >= 0.3 is 0 Å². The number of nitrogens with one attached hydrogen (secondary N) is 2. The Bertz CT molecular complexity index is 701. The van der Waals surface area contributed by atoms with Crippen LogP contribution in [0.1, 0.15) is 36.7 Å². The van der Waals surface area contributed by atoms with E-state index in [0.29, 0.717) is 30.4 Å². The van der Waals surface area contributed by atoms with Gasteiger partial charge in [0.15, 0.2) is 0 Å². The van der Waals surface area contributed by atoms with Crippen LogP contribution in [0, 0.1) is 0 Å². The van der Waals surface area contributed by atoms with Crippen LogP contribution in [0.4, 0.5) is 0 Å². The molecule has 0 saturated carbocycles. The lowest BCUT2D eigenvalue weighted by Gasteiger charge is -2.08. The minimum atomic E-state index is -0.381. The van der Waals surface area contributed by atoms with Crippen molar-refractivity contribution in [2.45, 2.75) is 26.2 Å². The molecule has 2 aromatic rings. The van der Waals surface area contributed by atoms with Gasteiger partial charge in [-0.2, -0.15) is 0 Å². The molecule has 2 rings (SSSR count). The van der Waals surface area contributed by atoms with E-state index in [9.17, 15) is 14.7 Å². The van der Waals surface area contributed by atoms with Crippen molar-refractivity contribution in [3.63, 3.8) is 0 Å². The molecule has 1 aromatic heterocycles. The summed E-state index contributed by atoms with van der Waals surface area (Å²) in [7, 11) is 0. The van der Waals surface area contributed by atoms with Crippen molar-refractivity contribution in [1.29, 1.82) is 0 Å². The van der Waals surface area contributed by atoms with E-state index >= 15 is 0 Å². The number of aromatic nitrogens is 1. The lowest BCUT2D eigenvalue weighted by atomic mass is 10.2. The van der Waals surface area contributed by atoms with E-state index in [0.717, 1.165) is 12.8 Å². The molecule has 0 spiro atoms. The Morgan fingerprint density at radius 1 is 1.17 bits per heavy atom. The molecule has 122 valence electrons. The summed E-state index contributed by atoms with van der Waals surface area (Å²) in [5.41, 5.74) is 0.712. The van der Waals surface area contributed by atoms with Gasteiger partial charge in [-0.3, -0.25) is 9.59 Å². The smallest absolute Gasteiger partial charge is 0.270 e. The van der Waals surface area contributed by atoms with Gasteiger partial charge in [0.25, 0.3) is 5.91 Å². The van der Waals surface area contributed by atoms with Crippen LogP contribution in [0.15, 0.2) is 30.3 Å². The molecule has 0 unspecified atom stereocenters. The van der Waals surface area contributed by atoms with Crippen LogP contribution >= 0.6 is 0 Å². The molecule has 6 nitrogen and oxygen atoms in total. The summed E-state index contributed by atoms with van der Waals surface area (Å²) in [5.74, 6) is -0.370. The fraction of sp³-hybridized carbons (Fsp3) is 0.353. The molecule has 1 heterocycles. The number of benzene rings is 1. The first-order valence-electron chi connectivity index (χ1n) is 7.75. The molecule has 0 aliphatic carbocycles. The monoisotopic (exact) mass is 315 g/mol. The Hall–Kier alpha value is -2.63. The summed E-state index contributed by atoms with van der Waals surface area (Å²) >= 11 is 0. The van der Waals surface area contributed by atoms with Crippen LogP contribution in [0.2, 0.25) is 0 Å². The highest BCUT2D eigenvalue weighted by atomic mass is 16.3. The molecule has 2 amide bonds. The van der Waals surface area contributed by atoms with Crippen molar-refractivity contribution in [3.8, 4) is 5.75 Å². The van der Waals surface area contributed by atoms with E-state index in [1.54, 1.807) is 24.3 Å². The van der Waals surface area contributed by atoms with Gasteiger partial charge in [0.1, 0.15) is 11.4 Å². The number of carbonyl (C=O) groups excluding carboxylic acids is 2. The van der Waals surface area contributed by atoms with Crippen LogP contribution in [0.5, 0.6) is 5.75 Å². The van der Waals surface area contributed by atoms with Crippen molar-refractivity contribution in [2.75, 3.05) is 13.1 Å². The average Bonchev–Trinajstić information content (AvgIpc) is 2.56. The predicted octanol–water partition coefficient (Wildman–Crippen LogP) is 1.98. The Morgan fingerprint density at radius 3 is 2.70 bits per heavy atom. The Kier molecular flexibility index (Phi) is 5.91. The van der Waals surface area contributed by atoms with Crippen molar-refractivity contribution < 1.29 is 14.7 Å². The summed E-state index contributed by atoms with van der Waals surface area (Å²) in [5, 5.41) is 16.0. The van der Waals surface area contributed by atoms with Crippen LogP contribution < -0.4 is 10.6 Å². The molecule has 0 radical (unpaired) electrons. The van der Waals surface area contributed by atoms with Gasteiger partial charge in [-0.1, -0.05) is 25.5 Å². The minimum absolute atomic E-state index is 0.0115. The number of rotatable bonds is 7. The zero-order valence-electron chi connectivity index (χ0n) is 13.1. The fourth-order valence-corrected chi connectivity index (χ4v) is 2.17. The van der Waals surface area contributed by atoms with Crippen molar-refractivity contribution in [1.82, 2.24) is 15.6 Å². The Labute approximate surface area is 134 Å². The number of para-hydroxylation sites is 1. The van der Waals surface area contributed by atoms with E-state index in [4.69, 9.17) is 0 Å². The SMILES string of the molecule is CCCCC(=O)NCCNC(=O)c1cc(O)c2ccccc2n1. The van der Waals surface area contributed by atoms with Gasteiger partial charge < -0.3 is 15.7 Å². The molecule has 0 bridgehead atoms. The number of hydrogen-bond donors (Lipinski definition) is 3. The summed E-state index contributed by atoms with van der Waals surface area (Å²) in [6.07, 6.45) is 2.34. The fourth-order valence-electron chi connectivity index (χ4n) is 2.17. The average molecular weight is 315 g/mol. The molecule has 0 aliphatic heterocycles. The van der Waals surface area contributed by atoms with E-state index in [1.807, 2.05) is 6.92 Å². The van der Waals surface area contributed by atoms with E-state index < -0.39 is 0 Å². The first-order valence-corrected chi connectivity index (χ1v) is 7.75. The summed E-state index contributed by atoms with van der Waals surface area (Å²) in [6, 6.07) is 8.41.